The molecule has 4 heteroatoms. The highest BCUT2D eigenvalue weighted by atomic mass is 16.5. The first-order chi connectivity index (χ1) is 7.20. The minimum atomic E-state index is -0.435. The summed E-state index contributed by atoms with van der Waals surface area (Å²) in [4.78, 5) is 23.0. The Morgan fingerprint density at radius 1 is 1.27 bits per heavy atom. The van der Waals surface area contributed by atoms with Gasteiger partial charge in [-0.2, -0.15) is 0 Å². The maximum absolute atomic E-state index is 11.5. The summed E-state index contributed by atoms with van der Waals surface area (Å²) in [6.07, 6.45) is 0.385. The van der Waals surface area contributed by atoms with Crippen molar-refractivity contribution in [3.05, 3.63) is 35.4 Å². The SMILES string of the molecule is BCC(=O)c1ccccc1C(=O)OCC. The average molecular weight is 204 g/mol. The molecule has 0 saturated carbocycles. The molecular weight excluding hydrogens is 191 g/mol. The molecule has 0 aliphatic rings. The Balaban J connectivity index is 3.06. The van der Waals surface area contributed by atoms with Crippen LogP contribution in [-0.2, 0) is 4.74 Å². The van der Waals surface area contributed by atoms with Gasteiger partial charge in [-0.1, -0.05) is 18.2 Å². The molecule has 0 bridgehead atoms. The molecule has 1 aromatic rings. The Labute approximate surface area is 89.8 Å². The van der Waals surface area contributed by atoms with Crippen LogP contribution >= 0.6 is 0 Å². The van der Waals surface area contributed by atoms with Gasteiger partial charge in [-0.25, -0.2) is 4.79 Å². The fourth-order valence-electron chi connectivity index (χ4n) is 1.30. The van der Waals surface area contributed by atoms with Crippen LogP contribution in [0.15, 0.2) is 24.3 Å². The Morgan fingerprint density at radius 3 is 2.40 bits per heavy atom. The number of esters is 1. The minimum absolute atomic E-state index is 0.0429. The predicted molar refractivity (Wildman–Crippen MR) is 60.1 cm³/mol. The van der Waals surface area contributed by atoms with E-state index in [1.165, 1.54) is 0 Å². The first kappa shape index (κ1) is 11.5. The van der Waals surface area contributed by atoms with Crippen LogP contribution in [0.5, 0.6) is 0 Å². The van der Waals surface area contributed by atoms with Crippen LogP contribution in [0.1, 0.15) is 27.6 Å². The smallest absolute Gasteiger partial charge is 0.338 e. The summed E-state index contributed by atoms with van der Waals surface area (Å²) in [5, 5.41) is 0. The normalized spacial score (nSPS) is 9.67. The number of ketones is 1. The molecule has 0 unspecified atom stereocenters. The van der Waals surface area contributed by atoms with Crippen molar-refractivity contribution in [3.63, 3.8) is 0 Å². The van der Waals surface area contributed by atoms with Gasteiger partial charge < -0.3 is 4.74 Å². The lowest BCUT2D eigenvalue weighted by atomic mass is 9.93. The molecule has 0 heterocycles. The molecule has 0 atom stereocenters. The van der Waals surface area contributed by atoms with Gasteiger partial charge in [0, 0.05) is 5.56 Å². The van der Waals surface area contributed by atoms with Crippen molar-refractivity contribution in [1.82, 2.24) is 0 Å². The average Bonchev–Trinajstić information content (AvgIpc) is 2.28. The van der Waals surface area contributed by atoms with E-state index in [9.17, 15) is 9.59 Å². The molecule has 0 aliphatic carbocycles. The Bertz CT molecular complexity index is 374. The Kier molecular flexibility index (Phi) is 4.09. The number of Topliss-reactive ketones (excluding diaryl/α,β-unsaturated/α-hetero) is 1. The zero-order valence-electron chi connectivity index (χ0n) is 8.95. The zero-order chi connectivity index (χ0) is 11.3. The molecule has 78 valence electrons. The maximum Gasteiger partial charge on any atom is 0.338 e. The van der Waals surface area contributed by atoms with Gasteiger partial charge in [0.25, 0.3) is 0 Å². The zero-order valence-corrected chi connectivity index (χ0v) is 8.95. The van der Waals surface area contributed by atoms with E-state index in [0.29, 0.717) is 24.1 Å². The van der Waals surface area contributed by atoms with E-state index >= 15 is 0 Å². The summed E-state index contributed by atoms with van der Waals surface area (Å²) < 4.78 is 4.87. The molecule has 0 saturated heterocycles. The highest BCUT2D eigenvalue weighted by molar-refractivity contribution is 6.25. The molecule has 0 spiro atoms. The third-order valence-corrected chi connectivity index (χ3v) is 2.04. The first-order valence-electron chi connectivity index (χ1n) is 5.00. The number of hydrogen-bond acceptors (Lipinski definition) is 3. The molecule has 1 aromatic carbocycles. The third-order valence-electron chi connectivity index (χ3n) is 2.04. The van der Waals surface area contributed by atoms with Crippen molar-refractivity contribution in [2.45, 2.75) is 13.2 Å². The minimum Gasteiger partial charge on any atom is -0.462 e. The largest absolute Gasteiger partial charge is 0.462 e. The molecule has 0 aliphatic heterocycles. The van der Waals surface area contributed by atoms with Gasteiger partial charge in [0.2, 0.25) is 0 Å². The van der Waals surface area contributed by atoms with E-state index in [0.717, 1.165) is 0 Å². The van der Waals surface area contributed by atoms with Gasteiger partial charge >= 0.3 is 5.97 Å². The lowest BCUT2D eigenvalue weighted by Crippen LogP contribution is -2.11. The standard InChI is InChI=1S/C11H13BO3/c1-2-15-11(14)9-6-4-3-5-8(9)10(13)7-12/h3-6H,2,7,12H2,1H3. The number of ether oxygens (including phenoxy) is 1. The van der Waals surface area contributed by atoms with Gasteiger partial charge in [0.05, 0.1) is 12.2 Å². The van der Waals surface area contributed by atoms with Gasteiger partial charge in [-0.3, -0.25) is 4.79 Å². The van der Waals surface area contributed by atoms with Crippen LogP contribution in [0.3, 0.4) is 0 Å². The summed E-state index contributed by atoms with van der Waals surface area (Å²) in [7, 11) is 1.77. The van der Waals surface area contributed by atoms with E-state index in [2.05, 4.69) is 0 Å². The second-order valence-corrected chi connectivity index (χ2v) is 3.04. The van der Waals surface area contributed by atoms with Crippen LogP contribution < -0.4 is 0 Å². The van der Waals surface area contributed by atoms with Crippen molar-refractivity contribution in [2.75, 3.05) is 6.61 Å². The lowest BCUT2D eigenvalue weighted by Gasteiger charge is -2.06. The highest BCUT2D eigenvalue weighted by Crippen LogP contribution is 2.12. The second-order valence-electron chi connectivity index (χ2n) is 3.04. The molecule has 0 N–H and O–H groups in total. The number of carbonyl (C=O) groups excluding carboxylic acids is 2. The van der Waals surface area contributed by atoms with Gasteiger partial charge in [-0.15, -0.1) is 0 Å². The van der Waals surface area contributed by atoms with E-state index in [4.69, 9.17) is 4.74 Å². The monoisotopic (exact) mass is 204 g/mol. The van der Waals surface area contributed by atoms with E-state index in [1.54, 1.807) is 39.0 Å². The summed E-state index contributed by atoms with van der Waals surface area (Å²) in [6, 6.07) is 6.73. The second kappa shape index (κ2) is 5.34. The van der Waals surface area contributed by atoms with E-state index < -0.39 is 5.97 Å². The first-order valence-corrected chi connectivity index (χ1v) is 5.00. The third kappa shape index (κ3) is 2.69. The fourth-order valence-corrected chi connectivity index (χ4v) is 1.30. The quantitative estimate of drug-likeness (QED) is 0.419. The van der Waals surface area contributed by atoms with Crippen LogP contribution in [0, 0.1) is 0 Å². The Morgan fingerprint density at radius 2 is 1.87 bits per heavy atom. The van der Waals surface area contributed by atoms with Crippen molar-refractivity contribution in [3.8, 4) is 0 Å². The molecule has 0 radical (unpaired) electrons. The molecule has 3 nitrogen and oxygen atoms in total. The van der Waals surface area contributed by atoms with Crippen molar-refractivity contribution in [1.29, 1.82) is 0 Å². The summed E-state index contributed by atoms with van der Waals surface area (Å²) in [5.74, 6) is -0.478. The fraction of sp³-hybridized carbons (Fsp3) is 0.273. The molecule has 0 amide bonds. The predicted octanol–water partition coefficient (Wildman–Crippen LogP) is 1.10. The molecule has 0 aromatic heterocycles. The van der Waals surface area contributed by atoms with Crippen LogP contribution in [0.25, 0.3) is 0 Å². The topological polar surface area (TPSA) is 43.4 Å². The molecule has 0 fully saturated rings. The van der Waals surface area contributed by atoms with Gasteiger partial charge in [0.15, 0.2) is 5.78 Å². The van der Waals surface area contributed by atoms with Crippen molar-refractivity contribution in [2.24, 2.45) is 0 Å². The summed E-state index contributed by atoms with van der Waals surface area (Å²) in [6.45, 7) is 2.05. The number of benzene rings is 1. The van der Waals surface area contributed by atoms with Crippen molar-refractivity contribution < 1.29 is 14.3 Å². The molecule has 15 heavy (non-hydrogen) atoms. The number of rotatable bonds is 4. The summed E-state index contributed by atoms with van der Waals surface area (Å²) in [5.41, 5.74) is 0.796. The maximum atomic E-state index is 11.5. The van der Waals surface area contributed by atoms with Gasteiger partial charge in [0.1, 0.15) is 7.85 Å². The van der Waals surface area contributed by atoms with E-state index in [-0.39, 0.29) is 5.78 Å². The van der Waals surface area contributed by atoms with Crippen LogP contribution in [0.4, 0.5) is 0 Å². The Hall–Kier alpha value is -1.58. The van der Waals surface area contributed by atoms with Crippen LogP contribution in [0.2, 0.25) is 6.32 Å². The molecular formula is C11H13BO3. The van der Waals surface area contributed by atoms with Crippen LogP contribution in [-0.4, -0.2) is 26.2 Å². The number of hydrogen-bond donors (Lipinski definition) is 0. The highest BCUT2D eigenvalue weighted by Gasteiger charge is 2.15. The van der Waals surface area contributed by atoms with Gasteiger partial charge in [-0.05, 0) is 19.3 Å². The lowest BCUT2D eigenvalue weighted by molar-refractivity contribution is 0.0523. The van der Waals surface area contributed by atoms with Crippen molar-refractivity contribution >= 4 is 19.6 Å². The molecule has 1 rings (SSSR count). The number of carbonyl (C=O) groups is 2. The summed E-state index contributed by atoms with van der Waals surface area (Å²) >= 11 is 0. The van der Waals surface area contributed by atoms with E-state index in [1.807, 2.05) is 0 Å².